The molecule has 0 aliphatic carbocycles. The number of rotatable bonds is 7. The van der Waals surface area contributed by atoms with Crippen LogP contribution in [0.25, 0.3) is 22.9 Å². The Balaban J connectivity index is 1.46. The van der Waals surface area contributed by atoms with E-state index in [-0.39, 0.29) is 23.9 Å². The van der Waals surface area contributed by atoms with Crippen molar-refractivity contribution in [1.29, 1.82) is 0 Å². The van der Waals surface area contributed by atoms with Gasteiger partial charge in [0, 0.05) is 11.6 Å². The molecule has 37 heavy (non-hydrogen) atoms. The van der Waals surface area contributed by atoms with E-state index in [0.717, 1.165) is 6.20 Å². The summed E-state index contributed by atoms with van der Waals surface area (Å²) in [6, 6.07) is 8.28. The van der Waals surface area contributed by atoms with Crippen molar-refractivity contribution < 1.29 is 30.9 Å². The SMILES string of the molecule is C[C@@H](Nc1nc(-c2cc(-c3ccon3)n(Cc3ccccc3F)n2)ncc1F)c1nnc(C(F)(F)F)o1. The number of anilines is 1. The maximum absolute atomic E-state index is 14.5. The molecule has 4 heterocycles. The lowest BCUT2D eigenvalue weighted by atomic mass is 10.2. The second kappa shape index (κ2) is 9.40. The zero-order valence-corrected chi connectivity index (χ0v) is 18.7. The van der Waals surface area contributed by atoms with Gasteiger partial charge in [-0.15, -0.1) is 10.2 Å². The standard InChI is InChI=1S/C22H15F5N8O2/c1-11(20-31-32-21(37-20)22(25,26)27)29-18-14(24)9-28-19(30-18)16-8-17(15-6-7-36-34-15)35(33-16)10-12-4-2-3-5-13(12)23/h2-9,11H,10H2,1H3,(H,28,29,30)/t11-/m1/s1. The largest absolute Gasteiger partial charge is 0.470 e. The summed E-state index contributed by atoms with van der Waals surface area (Å²) in [5.41, 5.74) is 1.41. The number of nitrogens with zero attached hydrogens (tertiary/aromatic N) is 7. The molecule has 1 N–H and O–H groups in total. The predicted octanol–water partition coefficient (Wildman–Crippen LogP) is 4.90. The number of benzene rings is 1. The van der Waals surface area contributed by atoms with Gasteiger partial charge in [-0.05, 0) is 19.1 Å². The summed E-state index contributed by atoms with van der Waals surface area (Å²) in [4.78, 5) is 8.09. The molecule has 0 aliphatic heterocycles. The van der Waals surface area contributed by atoms with Crippen LogP contribution in [0.5, 0.6) is 0 Å². The smallest absolute Gasteiger partial charge is 0.415 e. The molecule has 190 valence electrons. The van der Waals surface area contributed by atoms with Crippen molar-refractivity contribution in [3.05, 3.63) is 77.8 Å². The van der Waals surface area contributed by atoms with E-state index in [4.69, 9.17) is 4.52 Å². The minimum Gasteiger partial charge on any atom is -0.415 e. The third-order valence-electron chi connectivity index (χ3n) is 5.14. The molecule has 10 nitrogen and oxygen atoms in total. The van der Waals surface area contributed by atoms with Crippen LogP contribution < -0.4 is 5.32 Å². The monoisotopic (exact) mass is 518 g/mol. The molecular weight excluding hydrogens is 503 g/mol. The van der Waals surface area contributed by atoms with Crippen LogP contribution in [-0.4, -0.2) is 35.1 Å². The lowest BCUT2D eigenvalue weighted by molar-refractivity contribution is -0.157. The van der Waals surface area contributed by atoms with Gasteiger partial charge in [0.1, 0.15) is 29.5 Å². The van der Waals surface area contributed by atoms with Crippen LogP contribution >= 0.6 is 0 Å². The van der Waals surface area contributed by atoms with Crippen LogP contribution in [-0.2, 0) is 12.7 Å². The van der Waals surface area contributed by atoms with E-state index in [0.29, 0.717) is 17.0 Å². The minimum absolute atomic E-state index is 0.0189. The Bertz CT molecular complexity index is 1530. The average Bonchev–Trinajstić information content (AvgIpc) is 3.62. The quantitative estimate of drug-likeness (QED) is 0.300. The maximum Gasteiger partial charge on any atom is 0.470 e. The summed E-state index contributed by atoms with van der Waals surface area (Å²) in [7, 11) is 0. The molecule has 0 unspecified atom stereocenters. The molecule has 1 aromatic carbocycles. The van der Waals surface area contributed by atoms with E-state index in [1.54, 1.807) is 30.3 Å². The highest BCUT2D eigenvalue weighted by atomic mass is 19.4. The predicted molar refractivity (Wildman–Crippen MR) is 116 cm³/mol. The molecule has 4 aromatic heterocycles. The molecule has 0 saturated carbocycles. The topological polar surface area (TPSA) is 121 Å². The number of aromatic nitrogens is 7. The van der Waals surface area contributed by atoms with Crippen LogP contribution in [0.15, 0.2) is 57.8 Å². The Morgan fingerprint density at radius 3 is 2.57 bits per heavy atom. The lowest BCUT2D eigenvalue weighted by Gasteiger charge is -2.11. The van der Waals surface area contributed by atoms with Gasteiger partial charge in [0.25, 0.3) is 0 Å². The first kappa shape index (κ1) is 24.0. The van der Waals surface area contributed by atoms with E-state index >= 15 is 0 Å². The van der Waals surface area contributed by atoms with E-state index in [2.05, 4.69) is 40.2 Å². The van der Waals surface area contributed by atoms with Crippen LogP contribution in [0.3, 0.4) is 0 Å². The van der Waals surface area contributed by atoms with Gasteiger partial charge in [-0.25, -0.2) is 18.7 Å². The van der Waals surface area contributed by atoms with E-state index in [1.807, 2.05) is 0 Å². The molecule has 1 atom stereocenters. The second-order valence-electron chi connectivity index (χ2n) is 7.75. The Hall–Kier alpha value is -4.69. The van der Waals surface area contributed by atoms with Crippen molar-refractivity contribution >= 4 is 5.82 Å². The van der Waals surface area contributed by atoms with Gasteiger partial charge in [0.15, 0.2) is 17.5 Å². The Morgan fingerprint density at radius 2 is 1.86 bits per heavy atom. The summed E-state index contributed by atoms with van der Waals surface area (Å²) in [5.74, 6) is -3.62. The fourth-order valence-electron chi connectivity index (χ4n) is 3.37. The van der Waals surface area contributed by atoms with Crippen LogP contribution in [0.4, 0.5) is 27.8 Å². The van der Waals surface area contributed by atoms with Crippen LogP contribution in [0.1, 0.15) is 30.3 Å². The van der Waals surface area contributed by atoms with Crippen LogP contribution in [0.2, 0.25) is 0 Å². The number of alkyl halides is 3. The highest BCUT2D eigenvalue weighted by Crippen LogP contribution is 2.30. The van der Waals surface area contributed by atoms with Crippen LogP contribution in [0, 0.1) is 11.6 Å². The zero-order chi connectivity index (χ0) is 26.2. The maximum atomic E-state index is 14.5. The van der Waals surface area contributed by atoms with Gasteiger partial charge in [-0.3, -0.25) is 4.68 Å². The average molecular weight is 518 g/mol. The first-order valence-electron chi connectivity index (χ1n) is 10.6. The lowest BCUT2D eigenvalue weighted by Crippen LogP contribution is -2.11. The van der Waals surface area contributed by atoms with Gasteiger partial charge >= 0.3 is 12.1 Å². The van der Waals surface area contributed by atoms with Gasteiger partial charge in [0.2, 0.25) is 5.89 Å². The third-order valence-corrected chi connectivity index (χ3v) is 5.14. The second-order valence-corrected chi connectivity index (χ2v) is 7.75. The normalized spacial score (nSPS) is 12.6. The Kier molecular flexibility index (Phi) is 6.11. The number of nitrogens with one attached hydrogen (secondary N) is 1. The summed E-state index contributed by atoms with van der Waals surface area (Å²) >= 11 is 0. The van der Waals surface area contributed by atoms with E-state index < -0.39 is 35.6 Å². The fraction of sp³-hybridized carbons (Fsp3) is 0.182. The summed E-state index contributed by atoms with van der Waals surface area (Å²) in [6.45, 7) is 1.43. The van der Waals surface area contributed by atoms with Crippen molar-refractivity contribution in [2.75, 3.05) is 5.32 Å². The Morgan fingerprint density at radius 1 is 1.05 bits per heavy atom. The molecule has 0 radical (unpaired) electrons. The molecule has 0 fully saturated rings. The number of hydrogen-bond donors (Lipinski definition) is 1. The van der Waals surface area contributed by atoms with E-state index in [1.165, 1.54) is 23.9 Å². The van der Waals surface area contributed by atoms with E-state index in [9.17, 15) is 22.0 Å². The summed E-state index contributed by atoms with van der Waals surface area (Å²) in [5, 5.41) is 17.2. The first-order valence-corrected chi connectivity index (χ1v) is 10.6. The molecule has 0 bridgehead atoms. The van der Waals surface area contributed by atoms with Crippen molar-refractivity contribution in [1.82, 2.24) is 35.1 Å². The Labute approximate surface area is 204 Å². The molecule has 5 aromatic rings. The highest BCUT2D eigenvalue weighted by molar-refractivity contribution is 5.63. The van der Waals surface area contributed by atoms with Crippen molar-refractivity contribution in [3.63, 3.8) is 0 Å². The van der Waals surface area contributed by atoms with Gasteiger partial charge < -0.3 is 14.3 Å². The minimum atomic E-state index is -4.82. The first-order chi connectivity index (χ1) is 17.7. The van der Waals surface area contributed by atoms with Crippen molar-refractivity contribution in [3.8, 4) is 22.9 Å². The van der Waals surface area contributed by atoms with Crippen molar-refractivity contribution in [2.24, 2.45) is 0 Å². The summed E-state index contributed by atoms with van der Waals surface area (Å²) < 4.78 is 78.0. The highest BCUT2D eigenvalue weighted by Gasteiger charge is 2.38. The van der Waals surface area contributed by atoms with Gasteiger partial charge in [-0.1, -0.05) is 23.4 Å². The molecule has 5 rings (SSSR count). The molecule has 0 saturated heterocycles. The van der Waals surface area contributed by atoms with Gasteiger partial charge in [0.05, 0.1) is 18.4 Å². The molecule has 0 amide bonds. The molecule has 0 aliphatic rings. The molecule has 0 spiro atoms. The fourth-order valence-corrected chi connectivity index (χ4v) is 3.37. The zero-order valence-electron chi connectivity index (χ0n) is 18.7. The molecule has 15 heteroatoms. The number of halogens is 5. The third kappa shape index (κ3) is 5.00. The van der Waals surface area contributed by atoms with Crippen molar-refractivity contribution in [2.45, 2.75) is 25.7 Å². The summed E-state index contributed by atoms with van der Waals surface area (Å²) in [6.07, 6.45) is -2.59. The number of hydrogen-bond acceptors (Lipinski definition) is 9. The molecular formula is C22H15F5N8O2. The van der Waals surface area contributed by atoms with Gasteiger partial charge in [-0.2, -0.15) is 18.3 Å².